The van der Waals surface area contributed by atoms with Gasteiger partial charge in [-0.25, -0.2) is 4.98 Å². The van der Waals surface area contributed by atoms with Gasteiger partial charge in [0.05, 0.1) is 26.2 Å². The number of carbonyl (C=O) groups excluding carboxylic acids is 1. The van der Waals surface area contributed by atoms with Crippen molar-refractivity contribution in [1.29, 1.82) is 0 Å². The Hall–Kier alpha value is -2.60. The van der Waals surface area contributed by atoms with Crippen LogP contribution >= 0.6 is 0 Å². The molecule has 0 aliphatic carbocycles. The zero-order chi connectivity index (χ0) is 18.6. The number of hydrogen-bond donors (Lipinski definition) is 1. The van der Waals surface area contributed by atoms with Crippen LogP contribution in [0.1, 0.15) is 5.56 Å². The largest absolute Gasteiger partial charge is 0.497 e. The number of benzene rings is 1. The lowest BCUT2D eigenvalue weighted by molar-refractivity contribution is -0.130. The molecule has 3 heterocycles. The van der Waals surface area contributed by atoms with Gasteiger partial charge in [0.1, 0.15) is 11.6 Å². The SMILES string of the molecule is COc1cccc(CC(=O)N2C[C@H]3[C@H](CNc4ccccn4)CO[C@H]3C2)c1. The smallest absolute Gasteiger partial charge is 0.227 e. The number of anilines is 1. The number of amides is 1. The molecule has 2 aliphatic rings. The molecule has 4 rings (SSSR count). The highest BCUT2D eigenvalue weighted by Crippen LogP contribution is 2.34. The lowest BCUT2D eigenvalue weighted by Gasteiger charge is -2.20. The van der Waals surface area contributed by atoms with E-state index in [9.17, 15) is 4.79 Å². The molecular weight excluding hydrogens is 342 g/mol. The molecular formula is C21H25N3O3. The monoisotopic (exact) mass is 367 g/mol. The van der Waals surface area contributed by atoms with Crippen molar-refractivity contribution in [2.45, 2.75) is 12.5 Å². The number of nitrogens with zero attached hydrogens (tertiary/aromatic N) is 2. The summed E-state index contributed by atoms with van der Waals surface area (Å²) in [6.45, 7) is 3.01. The van der Waals surface area contributed by atoms with E-state index in [4.69, 9.17) is 9.47 Å². The number of pyridine rings is 1. The van der Waals surface area contributed by atoms with Crippen LogP contribution in [0.15, 0.2) is 48.7 Å². The summed E-state index contributed by atoms with van der Waals surface area (Å²) in [4.78, 5) is 19.0. The predicted molar refractivity (Wildman–Crippen MR) is 103 cm³/mol. The molecule has 1 aromatic carbocycles. The van der Waals surface area contributed by atoms with E-state index in [0.717, 1.165) is 36.8 Å². The molecule has 6 nitrogen and oxygen atoms in total. The van der Waals surface area contributed by atoms with Gasteiger partial charge in [-0.05, 0) is 29.8 Å². The summed E-state index contributed by atoms with van der Waals surface area (Å²) in [6.07, 6.45) is 2.33. The molecule has 1 N–H and O–H groups in total. The first kappa shape index (κ1) is 17.8. The number of likely N-dealkylation sites (tertiary alicyclic amines) is 1. The normalized spacial score (nSPS) is 23.9. The fraction of sp³-hybridized carbons (Fsp3) is 0.429. The minimum Gasteiger partial charge on any atom is -0.497 e. The average Bonchev–Trinajstić information content (AvgIpc) is 3.28. The molecule has 2 fully saturated rings. The van der Waals surface area contributed by atoms with Crippen molar-refractivity contribution in [3.8, 4) is 5.75 Å². The van der Waals surface area contributed by atoms with Gasteiger partial charge in [-0.2, -0.15) is 0 Å². The molecule has 2 aromatic rings. The van der Waals surface area contributed by atoms with E-state index in [-0.39, 0.29) is 12.0 Å². The van der Waals surface area contributed by atoms with E-state index in [2.05, 4.69) is 10.3 Å². The predicted octanol–water partition coefficient (Wildman–Crippen LogP) is 2.22. The summed E-state index contributed by atoms with van der Waals surface area (Å²) in [7, 11) is 1.64. The number of hydrogen-bond acceptors (Lipinski definition) is 5. The average molecular weight is 367 g/mol. The van der Waals surface area contributed by atoms with Crippen molar-refractivity contribution in [1.82, 2.24) is 9.88 Å². The summed E-state index contributed by atoms with van der Waals surface area (Å²) in [5, 5.41) is 3.39. The highest BCUT2D eigenvalue weighted by molar-refractivity contribution is 5.79. The highest BCUT2D eigenvalue weighted by Gasteiger charge is 2.44. The van der Waals surface area contributed by atoms with Crippen LogP contribution in [0.2, 0.25) is 0 Å². The third-order valence-electron chi connectivity index (χ3n) is 5.49. The molecule has 0 radical (unpaired) electrons. The molecule has 0 saturated carbocycles. The Kier molecular flexibility index (Phi) is 5.25. The fourth-order valence-corrected chi connectivity index (χ4v) is 3.98. The van der Waals surface area contributed by atoms with Crippen LogP contribution in [0.25, 0.3) is 0 Å². The Morgan fingerprint density at radius 3 is 3.04 bits per heavy atom. The van der Waals surface area contributed by atoms with E-state index in [1.165, 1.54) is 0 Å². The summed E-state index contributed by atoms with van der Waals surface area (Å²) < 4.78 is 11.2. The number of rotatable bonds is 6. The highest BCUT2D eigenvalue weighted by atomic mass is 16.5. The van der Waals surface area contributed by atoms with Crippen molar-refractivity contribution in [3.05, 3.63) is 54.2 Å². The molecule has 2 aliphatic heterocycles. The van der Waals surface area contributed by atoms with Gasteiger partial charge in [-0.1, -0.05) is 18.2 Å². The molecule has 0 unspecified atom stereocenters. The summed E-state index contributed by atoms with van der Waals surface area (Å²) >= 11 is 0. The summed E-state index contributed by atoms with van der Waals surface area (Å²) in [5.74, 6) is 2.59. The van der Waals surface area contributed by atoms with E-state index in [0.29, 0.717) is 24.8 Å². The van der Waals surface area contributed by atoms with Gasteiger partial charge in [0.2, 0.25) is 5.91 Å². The van der Waals surface area contributed by atoms with Crippen LogP contribution in [0.3, 0.4) is 0 Å². The lowest BCUT2D eigenvalue weighted by atomic mass is 9.93. The zero-order valence-corrected chi connectivity index (χ0v) is 15.5. The fourth-order valence-electron chi connectivity index (χ4n) is 3.98. The van der Waals surface area contributed by atoms with Gasteiger partial charge >= 0.3 is 0 Å². The first-order valence-electron chi connectivity index (χ1n) is 9.40. The Balaban J connectivity index is 1.32. The van der Waals surface area contributed by atoms with E-state index in [1.54, 1.807) is 13.3 Å². The second kappa shape index (κ2) is 7.96. The first-order chi connectivity index (χ1) is 13.2. The maximum absolute atomic E-state index is 12.7. The number of methoxy groups -OCH3 is 1. The molecule has 27 heavy (non-hydrogen) atoms. The van der Waals surface area contributed by atoms with Crippen LogP contribution < -0.4 is 10.1 Å². The number of ether oxygens (including phenoxy) is 2. The minimum atomic E-state index is 0.148. The molecule has 1 amide bonds. The standard InChI is InChI=1S/C21H25N3O3/c1-26-17-6-4-5-15(9-17)10-21(25)24-12-18-16(14-27-19(18)13-24)11-23-20-7-2-3-8-22-20/h2-9,16,18-19H,10-14H2,1H3,(H,22,23)/t16-,18+,19+/m1/s1. The van der Waals surface area contributed by atoms with Crippen molar-refractivity contribution in [3.63, 3.8) is 0 Å². The van der Waals surface area contributed by atoms with Crippen molar-refractivity contribution >= 4 is 11.7 Å². The van der Waals surface area contributed by atoms with Crippen LogP contribution in [-0.2, 0) is 16.0 Å². The van der Waals surface area contributed by atoms with Gasteiger partial charge in [0.15, 0.2) is 0 Å². The van der Waals surface area contributed by atoms with Crippen molar-refractivity contribution in [2.24, 2.45) is 11.8 Å². The van der Waals surface area contributed by atoms with Crippen LogP contribution in [-0.4, -0.2) is 55.2 Å². The Morgan fingerprint density at radius 1 is 1.30 bits per heavy atom. The molecule has 0 spiro atoms. The Morgan fingerprint density at radius 2 is 2.22 bits per heavy atom. The minimum absolute atomic E-state index is 0.148. The molecule has 142 valence electrons. The third-order valence-corrected chi connectivity index (χ3v) is 5.49. The molecule has 3 atom stereocenters. The first-order valence-corrected chi connectivity index (χ1v) is 9.40. The number of nitrogens with one attached hydrogen (secondary N) is 1. The van der Waals surface area contributed by atoms with E-state index in [1.807, 2.05) is 47.4 Å². The molecule has 2 saturated heterocycles. The van der Waals surface area contributed by atoms with Gasteiger partial charge in [-0.15, -0.1) is 0 Å². The number of carbonyl (C=O) groups is 1. The van der Waals surface area contributed by atoms with Gasteiger partial charge in [-0.3, -0.25) is 4.79 Å². The Bertz CT molecular complexity index is 783. The summed E-state index contributed by atoms with van der Waals surface area (Å²) in [5.41, 5.74) is 0.977. The number of fused-ring (bicyclic) bond motifs is 1. The maximum Gasteiger partial charge on any atom is 0.227 e. The van der Waals surface area contributed by atoms with Crippen molar-refractivity contribution < 1.29 is 14.3 Å². The maximum atomic E-state index is 12.7. The second-order valence-electron chi connectivity index (χ2n) is 7.22. The molecule has 6 heteroatoms. The third kappa shape index (κ3) is 4.06. The quantitative estimate of drug-likeness (QED) is 0.848. The van der Waals surface area contributed by atoms with E-state index >= 15 is 0 Å². The van der Waals surface area contributed by atoms with Crippen molar-refractivity contribution in [2.75, 3.05) is 38.7 Å². The van der Waals surface area contributed by atoms with Gasteiger partial charge in [0.25, 0.3) is 0 Å². The zero-order valence-electron chi connectivity index (χ0n) is 15.5. The lowest BCUT2D eigenvalue weighted by Crippen LogP contribution is -2.33. The van der Waals surface area contributed by atoms with Gasteiger partial charge in [0, 0.05) is 37.7 Å². The molecule has 1 aromatic heterocycles. The Labute approximate surface area is 159 Å². The van der Waals surface area contributed by atoms with Crippen LogP contribution in [0, 0.1) is 11.8 Å². The van der Waals surface area contributed by atoms with Crippen LogP contribution in [0.4, 0.5) is 5.82 Å². The van der Waals surface area contributed by atoms with Gasteiger partial charge < -0.3 is 19.7 Å². The van der Waals surface area contributed by atoms with Crippen LogP contribution in [0.5, 0.6) is 5.75 Å². The van der Waals surface area contributed by atoms with E-state index < -0.39 is 0 Å². The summed E-state index contributed by atoms with van der Waals surface area (Å²) in [6, 6.07) is 13.5. The second-order valence-corrected chi connectivity index (χ2v) is 7.22. The number of aromatic nitrogens is 1. The topological polar surface area (TPSA) is 63.7 Å². The molecule has 0 bridgehead atoms.